The van der Waals surface area contributed by atoms with Crippen molar-refractivity contribution in [2.45, 2.75) is 38.6 Å². The van der Waals surface area contributed by atoms with Crippen molar-refractivity contribution in [2.75, 3.05) is 45.8 Å². The van der Waals surface area contributed by atoms with E-state index in [0.29, 0.717) is 6.04 Å². The summed E-state index contributed by atoms with van der Waals surface area (Å²) in [6.07, 6.45) is 4.97. The van der Waals surface area contributed by atoms with Gasteiger partial charge in [-0.2, -0.15) is 0 Å². The van der Waals surface area contributed by atoms with Crippen LogP contribution in [0.4, 0.5) is 0 Å². The van der Waals surface area contributed by atoms with Crippen LogP contribution in [0.15, 0.2) is 0 Å². The van der Waals surface area contributed by atoms with Gasteiger partial charge in [-0.25, -0.2) is 0 Å². The Bertz CT molecular complexity index is 172. The van der Waals surface area contributed by atoms with Crippen molar-refractivity contribution in [1.82, 2.24) is 19.3 Å². The third-order valence-electron chi connectivity index (χ3n) is 3.44. The van der Waals surface area contributed by atoms with E-state index in [9.17, 15) is 0 Å². The van der Waals surface area contributed by atoms with Gasteiger partial charge < -0.3 is 0 Å². The topological polar surface area (TPSA) is 39.3 Å². The predicted octanol–water partition coefficient (Wildman–Crippen LogP) is 0.482. The van der Waals surface area contributed by atoms with E-state index < -0.39 is 0 Å². The summed E-state index contributed by atoms with van der Waals surface area (Å²) >= 11 is 2.25. The Kier molecular flexibility index (Phi) is 10.5. The van der Waals surface area contributed by atoms with Crippen LogP contribution >= 0.6 is 0 Å². The van der Waals surface area contributed by atoms with Crippen LogP contribution in [0.2, 0.25) is 0 Å². The molecule has 1 unspecified atom stereocenters. The van der Waals surface area contributed by atoms with E-state index in [1.54, 1.807) is 0 Å². The maximum atomic E-state index is 3.54. The van der Waals surface area contributed by atoms with Crippen LogP contribution in [0.5, 0.6) is 0 Å². The van der Waals surface area contributed by atoms with Gasteiger partial charge in [-0.15, -0.1) is 0 Å². The molecule has 1 aliphatic rings. The molecule has 0 saturated carbocycles. The second-order valence-corrected chi connectivity index (χ2v) is 6.04. The molecule has 1 fully saturated rings. The number of hydrogen-bond acceptors (Lipinski definition) is 4. The molecule has 1 aliphatic heterocycles. The molecule has 1 heterocycles. The Morgan fingerprint density at radius 1 is 0.833 bits per heavy atom. The number of hydrogen-bond donors (Lipinski definition) is 3. The second-order valence-electron chi connectivity index (χ2n) is 5.14. The molecule has 0 aromatic rings. The molecule has 1 saturated heterocycles. The second kappa shape index (κ2) is 11.4. The summed E-state index contributed by atoms with van der Waals surface area (Å²) in [5.74, 6) is 0. The summed E-state index contributed by atoms with van der Waals surface area (Å²) in [6, 6.07) is 0.684. The first-order chi connectivity index (χ1) is 8.80. The van der Waals surface area contributed by atoms with Crippen LogP contribution in [0.3, 0.4) is 0 Å². The maximum absolute atomic E-state index is 3.54. The van der Waals surface area contributed by atoms with Crippen molar-refractivity contribution in [3.63, 3.8) is 0 Å². The van der Waals surface area contributed by atoms with E-state index in [1.807, 2.05) is 0 Å². The van der Waals surface area contributed by atoms with Crippen molar-refractivity contribution in [3.05, 3.63) is 0 Å². The van der Waals surface area contributed by atoms with Gasteiger partial charge in [0.05, 0.1) is 0 Å². The fourth-order valence-corrected chi connectivity index (χ4v) is 2.56. The molecule has 3 N–H and O–H groups in total. The SMILES string of the molecule is CC1CCNCCCNCCCNCCC[N]1[Ti]. The molecular weight excluding hydrogens is 260 g/mol. The molecule has 0 aromatic heterocycles. The molecule has 0 amide bonds. The Morgan fingerprint density at radius 3 is 1.94 bits per heavy atom. The van der Waals surface area contributed by atoms with Crippen molar-refractivity contribution in [3.8, 4) is 0 Å². The number of rotatable bonds is 0. The van der Waals surface area contributed by atoms with E-state index in [1.165, 1.54) is 32.2 Å². The minimum atomic E-state index is 0.684. The van der Waals surface area contributed by atoms with E-state index in [4.69, 9.17) is 0 Å². The van der Waals surface area contributed by atoms with Crippen molar-refractivity contribution in [1.29, 1.82) is 0 Å². The van der Waals surface area contributed by atoms with Gasteiger partial charge in [0.25, 0.3) is 0 Å². The Morgan fingerprint density at radius 2 is 1.33 bits per heavy atom. The van der Waals surface area contributed by atoms with Gasteiger partial charge in [0.1, 0.15) is 0 Å². The Hall–Kier alpha value is 0.554. The van der Waals surface area contributed by atoms with Crippen molar-refractivity contribution >= 4 is 0 Å². The average Bonchev–Trinajstić information content (AvgIpc) is 2.37. The predicted molar refractivity (Wildman–Crippen MR) is 73.2 cm³/mol. The van der Waals surface area contributed by atoms with Gasteiger partial charge in [-0.05, 0) is 0 Å². The molecule has 0 radical (unpaired) electrons. The molecular formula is C13H29N4Ti. The van der Waals surface area contributed by atoms with Crippen LogP contribution in [-0.2, 0) is 20.7 Å². The molecule has 0 aliphatic carbocycles. The van der Waals surface area contributed by atoms with Crippen molar-refractivity contribution < 1.29 is 20.7 Å². The minimum absolute atomic E-state index is 0.684. The van der Waals surface area contributed by atoms with Gasteiger partial charge in [-0.3, -0.25) is 0 Å². The van der Waals surface area contributed by atoms with Gasteiger partial charge in [0.2, 0.25) is 0 Å². The number of nitrogens with one attached hydrogen (secondary N) is 3. The Labute approximate surface area is 124 Å². The first-order valence-corrected chi connectivity index (χ1v) is 8.10. The van der Waals surface area contributed by atoms with Crippen molar-refractivity contribution in [2.24, 2.45) is 0 Å². The fourth-order valence-electron chi connectivity index (χ4n) is 2.11. The fraction of sp³-hybridized carbons (Fsp3) is 1.00. The standard InChI is InChI=1S/C13H29N4.Ti/c1-13-5-12-16-9-3-8-14-6-2-7-15-10-4-11-17-13;/h13-16H,2-12H2,1H3;/q-1;+1. The molecule has 1 rings (SSSR count). The third kappa shape index (κ3) is 8.62. The zero-order chi connectivity index (χ0) is 13.1. The molecule has 5 heteroatoms. The zero-order valence-electron chi connectivity index (χ0n) is 11.8. The number of nitrogens with zero attached hydrogens (tertiary/aromatic N) is 1. The van der Waals surface area contributed by atoms with E-state index >= 15 is 0 Å². The summed E-state index contributed by atoms with van der Waals surface area (Å²) in [5, 5.41) is 10.6. The summed E-state index contributed by atoms with van der Waals surface area (Å²) in [4.78, 5) is 0. The Balaban J connectivity index is 2.19. The molecule has 0 spiro atoms. The van der Waals surface area contributed by atoms with E-state index in [0.717, 1.165) is 39.3 Å². The first kappa shape index (κ1) is 16.6. The molecule has 0 aromatic carbocycles. The summed E-state index contributed by atoms with van der Waals surface area (Å²) in [5.41, 5.74) is 0. The van der Waals surface area contributed by atoms with Gasteiger partial charge in [0.15, 0.2) is 0 Å². The molecule has 4 nitrogen and oxygen atoms in total. The van der Waals surface area contributed by atoms with Crippen LogP contribution in [0.1, 0.15) is 32.6 Å². The third-order valence-corrected chi connectivity index (χ3v) is 4.48. The van der Waals surface area contributed by atoms with Crippen LogP contribution in [-0.4, -0.2) is 55.2 Å². The summed E-state index contributed by atoms with van der Waals surface area (Å²) in [6.45, 7) is 10.4. The molecule has 1 atom stereocenters. The van der Waals surface area contributed by atoms with Gasteiger partial charge in [-0.1, -0.05) is 0 Å². The molecule has 105 valence electrons. The molecule has 0 bridgehead atoms. The van der Waals surface area contributed by atoms with Gasteiger partial charge >= 0.3 is 124 Å². The van der Waals surface area contributed by atoms with Gasteiger partial charge in [0, 0.05) is 0 Å². The van der Waals surface area contributed by atoms with E-state index in [-0.39, 0.29) is 0 Å². The van der Waals surface area contributed by atoms with Crippen LogP contribution < -0.4 is 16.0 Å². The normalized spacial score (nSPS) is 27.9. The van der Waals surface area contributed by atoms with Crippen LogP contribution in [0.25, 0.3) is 0 Å². The molecule has 18 heavy (non-hydrogen) atoms. The summed E-state index contributed by atoms with van der Waals surface area (Å²) < 4.78 is 2.48. The monoisotopic (exact) mass is 289 g/mol. The first-order valence-electron chi connectivity index (χ1n) is 7.40. The quantitative estimate of drug-likeness (QED) is 0.567. The average molecular weight is 289 g/mol. The van der Waals surface area contributed by atoms with E-state index in [2.05, 4.69) is 46.9 Å². The summed E-state index contributed by atoms with van der Waals surface area (Å²) in [7, 11) is 0. The zero-order valence-corrected chi connectivity index (χ0v) is 13.4. The van der Waals surface area contributed by atoms with Crippen LogP contribution in [0, 0.1) is 0 Å².